The van der Waals surface area contributed by atoms with E-state index in [0.29, 0.717) is 18.9 Å². The number of benzene rings is 3. The van der Waals surface area contributed by atoms with Crippen LogP contribution in [0.1, 0.15) is 20.3 Å². The summed E-state index contributed by atoms with van der Waals surface area (Å²) in [4.78, 5) is 0. The Labute approximate surface area is 191 Å². The Morgan fingerprint density at radius 1 is 0.774 bits per heavy atom. The highest BCUT2D eigenvalue weighted by Gasteiger charge is 2.54. The average Bonchev–Trinajstić information content (AvgIpc) is 3.26. The minimum Gasteiger partial charge on any atom is -0.348 e. The van der Waals surface area contributed by atoms with Crippen molar-refractivity contribution >= 4 is 34.9 Å². The highest BCUT2D eigenvalue weighted by atomic mass is 32.2. The molecule has 1 fully saturated rings. The van der Waals surface area contributed by atoms with Gasteiger partial charge in [-0.3, -0.25) is 0 Å². The number of rotatable bonds is 9. The summed E-state index contributed by atoms with van der Waals surface area (Å²) in [6, 6.07) is 33.4. The SMILES string of the molecule is CCSCC(CC1(C)OCCO1)[P+](c1ccccc1)(c1ccccc1)c1ccccc1. The zero-order valence-electron chi connectivity index (χ0n) is 18.4. The van der Waals surface area contributed by atoms with Gasteiger partial charge in [-0.05, 0) is 49.1 Å². The topological polar surface area (TPSA) is 18.5 Å². The minimum absolute atomic E-state index is 0.396. The average molecular weight is 452 g/mol. The molecule has 4 heteroatoms. The van der Waals surface area contributed by atoms with E-state index in [1.807, 2.05) is 11.8 Å². The Balaban J connectivity index is 1.96. The van der Waals surface area contributed by atoms with E-state index in [1.165, 1.54) is 15.9 Å². The predicted octanol–water partition coefficient (Wildman–Crippen LogP) is 5.26. The number of hydrogen-bond acceptors (Lipinski definition) is 3. The molecule has 0 radical (unpaired) electrons. The van der Waals surface area contributed by atoms with Crippen LogP contribution in [0.2, 0.25) is 0 Å². The van der Waals surface area contributed by atoms with Gasteiger partial charge < -0.3 is 9.47 Å². The number of hydrogen-bond donors (Lipinski definition) is 0. The van der Waals surface area contributed by atoms with E-state index in [4.69, 9.17) is 9.47 Å². The maximum atomic E-state index is 6.14. The van der Waals surface area contributed by atoms with Crippen molar-refractivity contribution in [3.8, 4) is 0 Å². The van der Waals surface area contributed by atoms with E-state index >= 15 is 0 Å². The Morgan fingerprint density at radius 2 is 1.19 bits per heavy atom. The number of ether oxygens (including phenoxy) is 2. The quantitative estimate of drug-likeness (QED) is 0.414. The lowest BCUT2D eigenvalue weighted by atomic mass is 10.2. The monoisotopic (exact) mass is 451 g/mol. The molecule has 0 spiro atoms. The Morgan fingerprint density at radius 3 is 1.58 bits per heavy atom. The molecule has 1 unspecified atom stereocenters. The zero-order valence-corrected chi connectivity index (χ0v) is 20.2. The molecule has 0 N–H and O–H groups in total. The summed E-state index contributed by atoms with van der Waals surface area (Å²) in [5.41, 5.74) is 0.396. The largest absolute Gasteiger partial charge is 0.348 e. The molecule has 1 aliphatic heterocycles. The van der Waals surface area contributed by atoms with Gasteiger partial charge in [-0.1, -0.05) is 61.5 Å². The molecule has 162 valence electrons. The second-order valence-corrected chi connectivity index (χ2v) is 13.1. The summed E-state index contributed by atoms with van der Waals surface area (Å²) in [6.07, 6.45) is 0.881. The van der Waals surface area contributed by atoms with Crippen LogP contribution < -0.4 is 15.9 Å². The van der Waals surface area contributed by atoms with Gasteiger partial charge in [0, 0.05) is 12.2 Å². The molecule has 0 saturated carbocycles. The van der Waals surface area contributed by atoms with Crippen molar-refractivity contribution in [1.82, 2.24) is 0 Å². The first kappa shape index (κ1) is 22.6. The molecule has 1 aliphatic rings. The highest BCUT2D eigenvalue weighted by molar-refractivity contribution is 8.01. The maximum absolute atomic E-state index is 6.14. The van der Waals surface area contributed by atoms with Gasteiger partial charge in [-0.2, -0.15) is 11.8 Å². The first-order valence-electron chi connectivity index (χ1n) is 11.1. The second-order valence-electron chi connectivity index (χ2n) is 8.08. The van der Waals surface area contributed by atoms with Crippen LogP contribution in [0.3, 0.4) is 0 Å². The third-order valence-electron chi connectivity index (χ3n) is 6.06. The fraction of sp³-hybridized carbons (Fsp3) is 0.333. The first-order valence-corrected chi connectivity index (χ1v) is 14.1. The summed E-state index contributed by atoms with van der Waals surface area (Å²) in [6.45, 7) is 5.73. The van der Waals surface area contributed by atoms with E-state index in [9.17, 15) is 0 Å². The highest BCUT2D eigenvalue weighted by Crippen LogP contribution is 2.62. The predicted molar refractivity (Wildman–Crippen MR) is 137 cm³/mol. The Kier molecular flexibility index (Phi) is 7.51. The standard InChI is InChI=1S/C27H32O2PS/c1-3-31-22-26(21-27(2)28-19-20-29-27)30(23-13-7-4-8-14-23,24-15-9-5-10-16-24)25-17-11-6-12-18-25/h4-18,26H,3,19-22H2,1-2H3/q+1. The molecule has 1 atom stereocenters. The van der Waals surface area contributed by atoms with E-state index in [2.05, 4.69) is 105 Å². The molecule has 3 aromatic rings. The van der Waals surface area contributed by atoms with Gasteiger partial charge in [0.25, 0.3) is 0 Å². The smallest absolute Gasteiger partial charge is 0.169 e. The maximum Gasteiger partial charge on any atom is 0.169 e. The lowest BCUT2D eigenvalue weighted by Crippen LogP contribution is -2.44. The fourth-order valence-corrected chi connectivity index (χ4v) is 11.3. The fourth-order valence-electron chi connectivity index (χ4n) is 4.73. The molecule has 1 saturated heterocycles. The third-order valence-corrected chi connectivity index (χ3v) is 12.1. The molecule has 31 heavy (non-hydrogen) atoms. The molecule has 0 bridgehead atoms. The summed E-state index contributed by atoms with van der Waals surface area (Å²) >= 11 is 2.03. The van der Waals surface area contributed by atoms with Crippen LogP contribution in [0.5, 0.6) is 0 Å². The van der Waals surface area contributed by atoms with Crippen LogP contribution in [-0.2, 0) is 9.47 Å². The van der Waals surface area contributed by atoms with Crippen molar-refractivity contribution in [2.45, 2.75) is 31.7 Å². The molecule has 3 aromatic carbocycles. The van der Waals surface area contributed by atoms with Crippen LogP contribution in [0.4, 0.5) is 0 Å². The van der Waals surface area contributed by atoms with Crippen LogP contribution in [-0.4, -0.2) is 36.2 Å². The van der Waals surface area contributed by atoms with Crippen molar-refractivity contribution in [3.05, 3.63) is 91.0 Å². The lowest BCUT2D eigenvalue weighted by molar-refractivity contribution is -0.145. The van der Waals surface area contributed by atoms with E-state index in [0.717, 1.165) is 17.9 Å². The van der Waals surface area contributed by atoms with Crippen molar-refractivity contribution in [3.63, 3.8) is 0 Å². The van der Waals surface area contributed by atoms with Gasteiger partial charge in [-0.15, -0.1) is 0 Å². The third kappa shape index (κ3) is 4.76. The van der Waals surface area contributed by atoms with Gasteiger partial charge in [0.2, 0.25) is 0 Å². The minimum atomic E-state index is -1.97. The summed E-state index contributed by atoms with van der Waals surface area (Å²) in [7, 11) is -1.97. The van der Waals surface area contributed by atoms with E-state index in [-0.39, 0.29) is 0 Å². The number of thioether (sulfide) groups is 1. The van der Waals surface area contributed by atoms with Gasteiger partial charge in [-0.25, -0.2) is 0 Å². The lowest BCUT2D eigenvalue weighted by Gasteiger charge is -2.37. The Hall–Kier alpha value is -1.64. The van der Waals surface area contributed by atoms with Crippen LogP contribution in [0, 0.1) is 0 Å². The van der Waals surface area contributed by atoms with Gasteiger partial charge in [0.05, 0.1) is 18.9 Å². The normalized spacial score (nSPS) is 16.8. The molecular weight excluding hydrogens is 419 g/mol. The van der Waals surface area contributed by atoms with Gasteiger partial charge >= 0.3 is 0 Å². The molecule has 0 aliphatic carbocycles. The Bertz CT molecular complexity index is 831. The second kappa shape index (κ2) is 10.3. The summed E-state index contributed by atoms with van der Waals surface area (Å²) in [5, 5.41) is 4.28. The van der Waals surface area contributed by atoms with Crippen LogP contribution in [0.25, 0.3) is 0 Å². The molecular formula is C27H32O2PS+. The van der Waals surface area contributed by atoms with Crippen molar-refractivity contribution in [1.29, 1.82) is 0 Å². The zero-order chi connectivity index (χ0) is 21.6. The van der Waals surface area contributed by atoms with Crippen molar-refractivity contribution in [2.75, 3.05) is 24.7 Å². The molecule has 0 amide bonds. The van der Waals surface area contributed by atoms with Crippen LogP contribution >= 0.6 is 19.0 Å². The van der Waals surface area contributed by atoms with E-state index < -0.39 is 13.0 Å². The molecule has 0 aromatic heterocycles. The van der Waals surface area contributed by atoms with Gasteiger partial charge in [0.1, 0.15) is 23.2 Å². The summed E-state index contributed by atoms with van der Waals surface area (Å²) < 4.78 is 12.3. The first-order chi connectivity index (χ1) is 15.2. The molecule has 1 heterocycles. The van der Waals surface area contributed by atoms with Crippen molar-refractivity contribution in [2.24, 2.45) is 0 Å². The van der Waals surface area contributed by atoms with Gasteiger partial charge in [0.15, 0.2) is 5.79 Å². The molecule has 2 nitrogen and oxygen atoms in total. The van der Waals surface area contributed by atoms with Crippen LogP contribution in [0.15, 0.2) is 91.0 Å². The summed E-state index contributed by atoms with van der Waals surface area (Å²) in [5.74, 6) is 1.65. The molecule has 4 rings (SSSR count). The van der Waals surface area contributed by atoms with Crippen molar-refractivity contribution < 1.29 is 9.47 Å². The van der Waals surface area contributed by atoms with E-state index in [1.54, 1.807) is 0 Å².